The van der Waals surface area contributed by atoms with Crippen molar-refractivity contribution < 1.29 is 0 Å². The van der Waals surface area contributed by atoms with E-state index in [1.807, 2.05) is 0 Å². The van der Waals surface area contributed by atoms with Crippen LogP contribution in [0.4, 0.5) is 0 Å². The smallest absolute Gasteiger partial charge is 0.0271 e. The molecule has 0 aromatic rings. The van der Waals surface area contributed by atoms with Gasteiger partial charge in [0.15, 0.2) is 0 Å². The van der Waals surface area contributed by atoms with E-state index in [1.165, 1.54) is 32.5 Å². The van der Waals surface area contributed by atoms with E-state index in [-0.39, 0.29) is 0 Å². The van der Waals surface area contributed by atoms with Crippen molar-refractivity contribution in [2.75, 3.05) is 32.7 Å². The molecule has 3 heteroatoms. The number of piperidine rings is 1. The fraction of sp³-hybridized carbons (Fsp3) is 1.00. The van der Waals surface area contributed by atoms with Crippen LogP contribution in [0.5, 0.6) is 0 Å². The van der Waals surface area contributed by atoms with Crippen LogP contribution >= 0.6 is 0 Å². The van der Waals surface area contributed by atoms with Crippen LogP contribution in [0.3, 0.4) is 0 Å². The molecule has 2 fully saturated rings. The van der Waals surface area contributed by atoms with Crippen molar-refractivity contribution in [3.05, 3.63) is 0 Å². The zero-order chi connectivity index (χ0) is 11.5. The van der Waals surface area contributed by atoms with Gasteiger partial charge in [-0.1, -0.05) is 20.8 Å². The van der Waals surface area contributed by atoms with E-state index in [9.17, 15) is 0 Å². The highest BCUT2D eigenvalue weighted by molar-refractivity contribution is 4.84. The Morgan fingerprint density at radius 3 is 2.44 bits per heavy atom. The average Bonchev–Trinajstić information content (AvgIpc) is 2.33. The molecule has 0 amide bonds. The van der Waals surface area contributed by atoms with Crippen LogP contribution in [0.2, 0.25) is 0 Å². The Morgan fingerprint density at radius 1 is 1.12 bits per heavy atom. The Balaban J connectivity index is 2.01. The Bertz CT molecular complexity index is 213. The topological polar surface area (TPSA) is 18.5 Å². The van der Waals surface area contributed by atoms with Crippen LogP contribution in [-0.4, -0.2) is 48.8 Å². The minimum atomic E-state index is 0.766. The predicted octanol–water partition coefficient (Wildman–Crippen LogP) is 1.56. The molecule has 16 heavy (non-hydrogen) atoms. The molecule has 94 valence electrons. The SMILES string of the molecule is CCC1[C@@H](C)C(C)CCN1N1CCNCC1. The molecule has 0 aromatic heterocycles. The molecule has 2 unspecified atom stereocenters. The van der Waals surface area contributed by atoms with Crippen LogP contribution in [0.1, 0.15) is 33.6 Å². The van der Waals surface area contributed by atoms with Crippen molar-refractivity contribution in [3.63, 3.8) is 0 Å². The van der Waals surface area contributed by atoms with Gasteiger partial charge in [-0.3, -0.25) is 0 Å². The first-order chi connectivity index (χ1) is 7.74. The van der Waals surface area contributed by atoms with E-state index >= 15 is 0 Å². The van der Waals surface area contributed by atoms with Gasteiger partial charge >= 0.3 is 0 Å². The Labute approximate surface area is 100 Å². The van der Waals surface area contributed by atoms with E-state index in [4.69, 9.17) is 0 Å². The summed E-state index contributed by atoms with van der Waals surface area (Å²) >= 11 is 0. The van der Waals surface area contributed by atoms with E-state index < -0.39 is 0 Å². The lowest BCUT2D eigenvalue weighted by molar-refractivity contribution is -0.114. The molecule has 2 aliphatic rings. The molecule has 0 aliphatic carbocycles. The first kappa shape index (κ1) is 12.3. The van der Waals surface area contributed by atoms with Gasteiger partial charge in [-0.2, -0.15) is 0 Å². The molecule has 0 bridgehead atoms. The van der Waals surface area contributed by atoms with Gasteiger partial charge in [0.1, 0.15) is 0 Å². The summed E-state index contributed by atoms with van der Waals surface area (Å²) in [5.74, 6) is 1.73. The first-order valence-electron chi connectivity index (χ1n) is 6.96. The molecule has 2 aliphatic heterocycles. The molecule has 0 spiro atoms. The highest BCUT2D eigenvalue weighted by atomic mass is 15.6. The number of rotatable bonds is 2. The van der Waals surface area contributed by atoms with Crippen LogP contribution in [0.25, 0.3) is 0 Å². The summed E-state index contributed by atoms with van der Waals surface area (Å²) in [6.45, 7) is 13.1. The molecule has 3 atom stereocenters. The van der Waals surface area contributed by atoms with Crippen LogP contribution < -0.4 is 5.32 Å². The third-order valence-electron chi connectivity index (χ3n) is 4.58. The van der Waals surface area contributed by atoms with E-state index in [2.05, 4.69) is 36.1 Å². The molecule has 1 N–H and O–H groups in total. The van der Waals surface area contributed by atoms with Crippen molar-refractivity contribution in [3.8, 4) is 0 Å². The largest absolute Gasteiger partial charge is 0.314 e. The fourth-order valence-electron chi connectivity index (χ4n) is 3.26. The third kappa shape index (κ3) is 2.41. The maximum absolute atomic E-state index is 3.44. The number of hydrazine groups is 1. The highest BCUT2D eigenvalue weighted by Gasteiger charge is 2.34. The number of nitrogens with one attached hydrogen (secondary N) is 1. The van der Waals surface area contributed by atoms with Crippen LogP contribution in [0.15, 0.2) is 0 Å². The second kappa shape index (κ2) is 5.48. The Hall–Kier alpha value is -0.120. The van der Waals surface area contributed by atoms with E-state index in [1.54, 1.807) is 0 Å². The minimum absolute atomic E-state index is 0.766. The molecule has 0 radical (unpaired) electrons. The predicted molar refractivity (Wildman–Crippen MR) is 68.2 cm³/mol. The van der Waals surface area contributed by atoms with Crippen molar-refractivity contribution in [1.82, 2.24) is 15.3 Å². The summed E-state index contributed by atoms with van der Waals surface area (Å²) in [4.78, 5) is 0. The zero-order valence-electron chi connectivity index (χ0n) is 11.1. The lowest BCUT2D eigenvalue weighted by atomic mass is 9.81. The van der Waals surface area contributed by atoms with Crippen LogP contribution in [0, 0.1) is 11.8 Å². The summed E-state index contributed by atoms with van der Waals surface area (Å²) in [6, 6.07) is 0.766. The van der Waals surface area contributed by atoms with Crippen molar-refractivity contribution in [1.29, 1.82) is 0 Å². The molecule has 0 saturated carbocycles. The Kier molecular flexibility index (Phi) is 4.22. The number of hydrogen-bond acceptors (Lipinski definition) is 3. The quantitative estimate of drug-likeness (QED) is 0.769. The van der Waals surface area contributed by atoms with Crippen LogP contribution in [-0.2, 0) is 0 Å². The molecule has 2 heterocycles. The van der Waals surface area contributed by atoms with Crippen molar-refractivity contribution in [2.45, 2.75) is 39.7 Å². The van der Waals surface area contributed by atoms with Gasteiger partial charge in [-0.05, 0) is 24.7 Å². The lowest BCUT2D eigenvalue weighted by Crippen LogP contribution is -2.60. The number of piperazine rings is 1. The van der Waals surface area contributed by atoms with Gasteiger partial charge in [-0.15, -0.1) is 0 Å². The molecule has 0 aromatic carbocycles. The monoisotopic (exact) mass is 225 g/mol. The van der Waals surface area contributed by atoms with Gasteiger partial charge in [-0.25, -0.2) is 10.0 Å². The first-order valence-corrected chi connectivity index (χ1v) is 6.96. The normalized spacial score (nSPS) is 38.8. The minimum Gasteiger partial charge on any atom is -0.314 e. The molecule has 3 nitrogen and oxygen atoms in total. The summed E-state index contributed by atoms with van der Waals surface area (Å²) in [5.41, 5.74) is 0. The second-order valence-corrected chi connectivity index (χ2v) is 5.47. The fourth-order valence-corrected chi connectivity index (χ4v) is 3.26. The summed E-state index contributed by atoms with van der Waals surface area (Å²) in [6.07, 6.45) is 2.65. The Morgan fingerprint density at radius 2 is 1.81 bits per heavy atom. The van der Waals surface area contributed by atoms with Gasteiger partial charge in [0, 0.05) is 38.8 Å². The lowest BCUT2D eigenvalue weighted by Gasteiger charge is -2.49. The number of hydrogen-bond donors (Lipinski definition) is 1. The molecule has 2 saturated heterocycles. The summed E-state index contributed by atoms with van der Waals surface area (Å²) in [5, 5.41) is 8.70. The highest BCUT2D eigenvalue weighted by Crippen LogP contribution is 2.31. The maximum atomic E-state index is 3.44. The van der Waals surface area contributed by atoms with E-state index in [0.717, 1.165) is 31.0 Å². The average molecular weight is 225 g/mol. The number of nitrogens with zero attached hydrogens (tertiary/aromatic N) is 2. The van der Waals surface area contributed by atoms with Gasteiger partial charge < -0.3 is 5.32 Å². The van der Waals surface area contributed by atoms with Crippen molar-refractivity contribution in [2.24, 2.45) is 11.8 Å². The summed E-state index contributed by atoms with van der Waals surface area (Å²) in [7, 11) is 0. The van der Waals surface area contributed by atoms with Crippen molar-refractivity contribution >= 4 is 0 Å². The third-order valence-corrected chi connectivity index (χ3v) is 4.58. The molecule has 2 rings (SSSR count). The van der Waals surface area contributed by atoms with E-state index in [0.29, 0.717) is 0 Å². The zero-order valence-corrected chi connectivity index (χ0v) is 11.1. The van der Waals surface area contributed by atoms with Gasteiger partial charge in [0.05, 0.1) is 0 Å². The summed E-state index contributed by atoms with van der Waals surface area (Å²) < 4.78 is 0. The molecular formula is C13H27N3. The van der Waals surface area contributed by atoms with Gasteiger partial charge in [0.25, 0.3) is 0 Å². The molecular weight excluding hydrogens is 198 g/mol. The maximum Gasteiger partial charge on any atom is 0.0271 e. The standard InChI is InChI=1S/C13H27N3/c1-4-13-12(3)11(2)5-8-16(13)15-9-6-14-7-10-15/h11-14H,4-10H2,1-3H3/t11?,12-,13?/m0/s1. The van der Waals surface area contributed by atoms with Gasteiger partial charge in [0.2, 0.25) is 0 Å². The second-order valence-electron chi connectivity index (χ2n) is 5.47.